The molecular formula is C8H6F4O. The Morgan fingerprint density at radius 2 is 1.85 bits per heavy atom. The Kier molecular flexibility index (Phi) is 2.45. The highest BCUT2D eigenvalue weighted by Crippen LogP contribution is 2.23. The standard InChI is InChI=1S/C8H6F4O/c1-5-2-3-6(4-7(5)9)13-8(10,11)12/h2-4H,1H3. The van der Waals surface area contributed by atoms with E-state index in [1.807, 2.05) is 0 Å². The molecule has 0 bridgehead atoms. The van der Waals surface area contributed by atoms with Gasteiger partial charge >= 0.3 is 6.36 Å². The molecule has 0 aliphatic rings. The number of aryl methyl sites for hydroxylation is 1. The SMILES string of the molecule is Cc1ccc(OC(F)(F)F)cc1F. The van der Waals surface area contributed by atoms with Gasteiger partial charge in [-0.2, -0.15) is 0 Å². The smallest absolute Gasteiger partial charge is 0.406 e. The van der Waals surface area contributed by atoms with E-state index in [1.54, 1.807) is 0 Å². The van der Waals surface area contributed by atoms with E-state index in [2.05, 4.69) is 4.74 Å². The van der Waals surface area contributed by atoms with Gasteiger partial charge in [0, 0.05) is 6.07 Å². The van der Waals surface area contributed by atoms with Crippen molar-refractivity contribution in [3.8, 4) is 5.75 Å². The summed E-state index contributed by atoms with van der Waals surface area (Å²) in [6, 6.07) is 2.98. The second-order valence-corrected chi connectivity index (χ2v) is 2.46. The van der Waals surface area contributed by atoms with Crippen LogP contribution in [0.5, 0.6) is 5.75 Å². The highest BCUT2D eigenvalue weighted by Gasteiger charge is 2.31. The van der Waals surface area contributed by atoms with Crippen molar-refractivity contribution in [2.75, 3.05) is 0 Å². The van der Waals surface area contributed by atoms with Gasteiger partial charge in [0.05, 0.1) is 0 Å². The molecule has 0 radical (unpaired) electrons. The van der Waals surface area contributed by atoms with Crippen LogP contribution in [0.4, 0.5) is 17.6 Å². The first-order valence-electron chi connectivity index (χ1n) is 3.40. The topological polar surface area (TPSA) is 9.23 Å². The van der Waals surface area contributed by atoms with Crippen molar-refractivity contribution in [3.05, 3.63) is 29.6 Å². The Bertz CT molecular complexity index is 306. The molecule has 0 atom stereocenters. The molecule has 0 saturated heterocycles. The van der Waals surface area contributed by atoms with E-state index in [9.17, 15) is 17.6 Å². The molecule has 0 heterocycles. The molecular weight excluding hydrogens is 188 g/mol. The van der Waals surface area contributed by atoms with Crippen LogP contribution in [0.2, 0.25) is 0 Å². The summed E-state index contributed by atoms with van der Waals surface area (Å²) < 4.78 is 51.1. The average molecular weight is 194 g/mol. The molecule has 1 nitrogen and oxygen atoms in total. The molecule has 1 aromatic rings. The summed E-state index contributed by atoms with van der Waals surface area (Å²) in [4.78, 5) is 0. The van der Waals surface area contributed by atoms with E-state index in [4.69, 9.17) is 0 Å². The van der Waals surface area contributed by atoms with E-state index in [-0.39, 0.29) is 5.56 Å². The maximum Gasteiger partial charge on any atom is 0.573 e. The summed E-state index contributed by atoms with van der Waals surface area (Å²) in [5.74, 6) is -1.27. The number of ether oxygens (including phenoxy) is 1. The second kappa shape index (κ2) is 3.24. The predicted molar refractivity (Wildman–Crippen MR) is 37.8 cm³/mol. The first kappa shape index (κ1) is 9.83. The van der Waals surface area contributed by atoms with Crippen molar-refractivity contribution in [2.45, 2.75) is 13.3 Å². The molecule has 0 aromatic heterocycles. The molecule has 5 heteroatoms. The fourth-order valence-corrected chi connectivity index (χ4v) is 0.771. The summed E-state index contributed by atoms with van der Waals surface area (Å²) in [6.07, 6.45) is -4.78. The van der Waals surface area contributed by atoms with E-state index < -0.39 is 17.9 Å². The van der Waals surface area contributed by atoms with Gasteiger partial charge in [0.25, 0.3) is 0 Å². The quantitative estimate of drug-likeness (QED) is 0.624. The normalized spacial score (nSPS) is 11.5. The lowest BCUT2D eigenvalue weighted by Crippen LogP contribution is -2.17. The minimum absolute atomic E-state index is 0.273. The van der Waals surface area contributed by atoms with Crippen molar-refractivity contribution >= 4 is 0 Å². The lowest BCUT2D eigenvalue weighted by molar-refractivity contribution is -0.274. The first-order chi connectivity index (χ1) is 5.88. The predicted octanol–water partition coefficient (Wildman–Crippen LogP) is 3.03. The third-order valence-electron chi connectivity index (χ3n) is 1.38. The largest absolute Gasteiger partial charge is 0.573 e. The zero-order valence-corrected chi connectivity index (χ0v) is 6.65. The van der Waals surface area contributed by atoms with Crippen molar-refractivity contribution in [2.24, 2.45) is 0 Å². The zero-order chi connectivity index (χ0) is 10.1. The molecule has 0 N–H and O–H groups in total. The van der Waals surface area contributed by atoms with Crippen LogP contribution < -0.4 is 4.74 Å². The number of hydrogen-bond donors (Lipinski definition) is 0. The molecule has 13 heavy (non-hydrogen) atoms. The average Bonchev–Trinajstić information content (AvgIpc) is 1.94. The first-order valence-corrected chi connectivity index (χ1v) is 3.40. The van der Waals surface area contributed by atoms with Gasteiger partial charge in [-0.3, -0.25) is 0 Å². The molecule has 0 fully saturated rings. The maximum atomic E-state index is 12.7. The van der Waals surface area contributed by atoms with E-state index in [0.717, 1.165) is 6.07 Å². The summed E-state index contributed by atoms with van der Waals surface area (Å²) >= 11 is 0. The fourth-order valence-electron chi connectivity index (χ4n) is 0.771. The van der Waals surface area contributed by atoms with Gasteiger partial charge in [-0.15, -0.1) is 13.2 Å². The number of hydrogen-bond acceptors (Lipinski definition) is 1. The summed E-state index contributed by atoms with van der Waals surface area (Å²) in [5, 5.41) is 0. The minimum atomic E-state index is -4.78. The van der Waals surface area contributed by atoms with E-state index >= 15 is 0 Å². The van der Waals surface area contributed by atoms with Gasteiger partial charge in [0.2, 0.25) is 0 Å². The van der Waals surface area contributed by atoms with Crippen LogP contribution in [0.1, 0.15) is 5.56 Å². The van der Waals surface area contributed by atoms with Crippen LogP contribution in [-0.2, 0) is 0 Å². The van der Waals surface area contributed by atoms with Gasteiger partial charge in [-0.1, -0.05) is 6.07 Å². The van der Waals surface area contributed by atoms with Gasteiger partial charge in [-0.05, 0) is 18.6 Å². The van der Waals surface area contributed by atoms with Crippen LogP contribution in [0, 0.1) is 12.7 Å². The molecule has 0 saturated carbocycles. The van der Waals surface area contributed by atoms with Crippen LogP contribution in [0.25, 0.3) is 0 Å². The van der Waals surface area contributed by atoms with E-state index in [1.165, 1.54) is 13.0 Å². The number of alkyl halides is 3. The van der Waals surface area contributed by atoms with Crippen molar-refractivity contribution in [1.29, 1.82) is 0 Å². The Labute approximate surface area is 71.9 Å². The molecule has 1 rings (SSSR count). The van der Waals surface area contributed by atoms with Crippen LogP contribution >= 0.6 is 0 Å². The van der Waals surface area contributed by atoms with Crippen molar-refractivity contribution < 1.29 is 22.3 Å². The Morgan fingerprint density at radius 1 is 1.23 bits per heavy atom. The lowest BCUT2D eigenvalue weighted by Gasteiger charge is -2.08. The minimum Gasteiger partial charge on any atom is -0.406 e. The Morgan fingerprint density at radius 3 is 2.31 bits per heavy atom. The maximum absolute atomic E-state index is 12.7. The monoisotopic (exact) mass is 194 g/mol. The molecule has 0 unspecified atom stereocenters. The third kappa shape index (κ3) is 2.93. The summed E-state index contributed by atoms with van der Waals surface area (Å²) in [7, 11) is 0. The number of halogens is 4. The van der Waals surface area contributed by atoms with Gasteiger partial charge in [0.1, 0.15) is 11.6 Å². The highest BCUT2D eigenvalue weighted by molar-refractivity contribution is 5.28. The van der Waals surface area contributed by atoms with Crippen LogP contribution in [-0.4, -0.2) is 6.36 Å². The van der Waals surface area contributed by atoms with Gasteiger partial charge in [0.15, 0.2) is 0 Å². The van der Waals surface area contributed by atoms with Crippen LogP contribution in [0.3, 0.4) is 0 Å². The fraction of sp³-hybridized carbons (Fsp3) is 0.250. The van der Waals surface area contributed by atoms with Crippen LogP contribution in [0.15, 0.2) is 18.2 Å². The van der Waals surface area contributed by atoms with Crippen molar-refractivity contribution in [1.82, 2.24) is 0 Å². The Balaban J connectivity index is 2.86. The zero-order valence-electron chi connectivity index (χ0n) is 6.65. The summed E-state index contributed by atoms with van der Waals surface area (Å²) in [6.45, 7) is 1.45. The number of benzene rings is 1. The molecule has 0 spiro atoms. The molecule has 72 valence electrons. The third-order valence-corrected chi connectivity index (χ3v) is 1.38. The highest BCUT2D eigenvalue weighted by atomic mass is 19.4. The molecule has 0 amide bonds. The summed E-state index contributed by atoms with van der Waals surface area (Å²) in [5.41, 5.74) is 0.273. The second-order valence-electron chi connectivity index (χ2n) is 2.46. The Hall–Kier alpha value is -1.26. The lowest BCUT2D eigenvalue weighted by atomic mass is 10.2. The van der Waals surface area contributed by atoms with Crippen molar-refractivity contribution in [3.63, 3.8) is 0 Å². The van der Waals surface area contributed by atoms with Gasteiger partial charge in [-0.25, -0.2) is 4.39 Å². The molecule has 0 aliphatic carbocycles. The number of rotatable bonds is 1. The molecule has 0 aliphatic heterocycles. The molecule has 1 aromatic carbocycles. The van der Waals surface area contributed by atoms with E-state index in [0.29, 0.717) is 6.07 Å². The van der Waals surface area contributed by atoms with Gasteiger partial charge < -0.3 is 4.74 Å².